The fourth-order valence-corrected chi connectivity index (χ4v) is 1.70. The van der Waals surface area contributed by atoms with E-state index < -0.39 is 0 Å². The van der Waals surface area contributed by atoms with Gasteiger partial charge in [0, 0.05) is 26.2 Å². The van der Waals surface area contributed by atoms with Gasteiger partial charge in [-0.1, -0.05) is 26.7 Å². The fourth-order valence-electron chi connectivity index (χ4n) is 1.70. The molecule has 0 aromatic heterocycles. The fraction of sp³-hybridized carbons (Fsp3) is 1.00. The minimum absolute atomic E-state index is 0.262. The molecule has 0 rings (SSSR count). The van der Waals surface area contributed by atoms with Crippen molar-refractivity contribution in [3.63, 3.8) is 0 Å². The van der Waals surface area contributed by atoms with Gasteiger partial charge >= 0.3 is 0 Å². The van der Waals surface area contributed by atoms with Gasteiger partial charge in [-0.05, 0) is 12.8 Å². The van der Waals surface area contributed by atoms with Crippen molar-refractivity contribution in [2.45, 2.75) is 45.8 Å². The third kappa shape index (κ3) is 4.94. The van der Waals surface area contributed by atoms with Crippen LogP contribution in [0.3, 0.4) is 0 Å². The second kappa shape index (κ2) is 8.21. The molecule has 0 spiro atoms. The molecule has 3 heteroatoms. The summed E-state index contributed by atoms with van der Waals surface area (Å²) in [4.78, 5) is 0. The van der Waals surface area contributed by atoms with Crippen molar-refractivity contribution in [2.75, 3.05) is 20.2 Å². The minimum atomic E-state index is 0.262. The zero-order valence-corrected chi connectivity index (χ0v) is 10.0. The Morgan fingerprint density at radius 1 is 1.29 bits per heavy atom. The van der Waals surface area contributed by atoms with Crippen molar-refractivity contribution in [3.05, 3.63) is 0 Å². The van der Waals surface area contributed by atoms with Gasteiger partial charge in [-0.2, -0.15) is 0 Å². The number of ether oxygens (including phenoxy) is 1. The minimum Gasteiger partial charge on any atom is -0.380 e. The van der Waals surface area contributed by atoms with Crippen LogP contribution in [-0.4, -0.2) is 32.3 Å². The number of nitrogens with one attached hydrogen (secondary N) is 1. The van der Waals surface area contributed by atoms with E-state index in [4.69, 9.17) is 10.5 Å². The summed E-state index contributed by atoms with van der Waals surface area (Å²) >= 11 is 0. The summed E-state index contributed by atoms with van der Waals surface area (Å²) in [5, 5.41) is 3.47. The molecule has 0 aromatic carbocycles. The lowest BCUT2D eigenvalue weighted by Crippen LogP contribution is -2.44. The molecule has 0 aromatic rings. The van der Waals surface area contributed by atoms with Crippen molar-refractivity contribution < 1.29 is 4.74 Å². The Balaban J connectivity index is 3.88. The predicted molar refractivity (Wildman–Crippen MR) is 61.4 cm³/mol. The van der Waals surface area contributed by atoms with E-state index in [-0.39, 0.29) is 6.10 Å². The first-order chi connectivity index (χ1) is 6.69. The highest BCUT2D eigenvalue weighted by Crippen LogP contribution is 2.12. The second-order valence-electron chi connectivity index (χ2n) is 3.87. The van der Waals surface area contributed by atoms with Crippen LogP contribution in [-0.2, 0) is 4.74 Å². The van der Waals surface area contributed by atoms with Gasteiger partial charge < -0.3 is 15.8 Å². The second-order valence-corrected chi connectivity index (χ2v) is 3.87. The highest BCUT2D eigenvalue weighted by molar-refractivity contribution is 4.76. The summed E-state index contributed by atoms with van der Waals surface area (Å²) in [7, 11) is 1.74. The van der Waals surface area contributed by atoms with E-state index in [0.717, 1.165) is 6.54 Å². The molecule has 3 N–H and O–H groups in total. The molecule has 0 amide bonds. The first kappa shape index (κ1) is 13.9. The van der Waals surface area contributed by atoms with Crippen LogP contribution in [0, 0.1) is 5.92 Å². The molecule has 86 valence electrons. The maximum Gasteiger partial charge on any atom is 0.0667 e. The third-order valence-electron chi connectivity index (χ3n) is 2.94. The van der Waals surface area contributed by atoms with Gasteiger partial charge in [0.15, 0.2) is 0 Å². The predicted octanol–water partition coefficient (Wildman–Crippen LogP) is 1.37. The molecule has 3 nitrogen and oxygen atoms in total. The van der Waals surface area contributed by atoms with Gasteiger partial charge in [-0.25, -0.2) is 0 Å². The monoisotopic (exact) mass is 202 g/mol. The summed E-state index contributed by atoms with van der Waals surface area (Å²) < 4.78 is 5.19. The third-order valence-corrected chi connectivity index (χ3v) is 2.94. The van der Waals surface area contributed by atoms with Gasteiger partial charge in [-0.15, -0.1) is 0 Å². The Labute approximate surface area is 88.4 Å². The number of hydrogen-bond donors (Lipinski definition) is 2. The maximum atomic E-state index is 5.75. The summed E-state index contributed by atoms with van der Waals surface area (Å²) in [5.74, 6) is 0.684. The molecule has 14 heavy (non-hydrogen) atoms. The van der Waals surface area contributed by atoms with Crippen LogP contribution in [0.15, 0.2) is 0 Å². The van der Waals surface area contributed by atoms with E-state index >= 15 is 0 Å². The van der Waals surface area contributed by atoms with Crippen molar-refractivity contribution in [1.29, 1.82) is 0 Å². The summed E-state index contributed by atoms with van der Waals surface area (Å²) in [6.07, 6.45) is 2.64. The number of rotatable bonds is 8. The molecule has 0 aliphatic rings. The maximum absolute atomic E-state index is 5.75. The van der Waals surface area contributed by atoms with Crippen LogP contribution in [0.25, 0.3) is 0 Å². The summed E-state index contributed by atoms with van der Waals surface area (Å²) in [6, 6.07) is 0.433. The highest BCUT2D eigenvalue weighted by atomic mass is 16.5. The van der Waals surface area contributed by atoms with Crippen molar-refractivity contribution >= 4 is 0 Å². The van der Waals surface area contributed by atoms with E-state index in [1.165, 1.54) is 12.8 Å². The lowest BCUT2D eigenvalue weighted by molar-refractivity contribution is 0.111. The molecule has 0 aliphatic heterocycles. The van der Waals surface area contributed by atoms with Crippen LogP contribution in [0.5, 0.6) is 0 Å². The molecular formula is C11H26N2O. The first-order valence-electron chi connectivity index (χ1n) is 5.65. The molecule has 0 radical (unpaired) electrons. The van der Waals surface area contributed by atoms with Gasteiger partial charge in [0.25, 0.3) is 0 Å². The Kier molecular flexibility index (Phi) is 8.14. The van der Waals surface area contributed by atoms with Crippen molar-refractivity contribution in [3.8, 4) is 0 Å². The van der Waals surface area contributed by atoms with Gasteiger partial charge in [0.2, 0.25) is 0 Å². The molecular weight excluding hydrogens is 176 g/mol. The molecule has 0 saturated carbocycles. The average molecular weight is 202 g/mol. The zero-order valence-electron chi connectivity index (χ0n) is 10.0. The van der Waals surface area contributed by atoms with Gasteiger partial charge in [0.05, 0.1) is 6.10 Å². The summed E-state index contributed by atoms with van der Waals surface area (Å²) in [5.41, 5.74) is 5.75. The SMILES string of the molecule is CCC(CC)C(CN)NCC(C)OC. The lowest BCUT2D eigenvalue weighted by Gasteiger charge is -2.26. The zero-order chi connectivity index (χ0) is 11.0. The normalized spacial score (nSPS) is 15.9. The van der Waals surface area contributed by atoms with E-state index in [0.29, 0.717) is 18.5 Å². The van der Waals surface area contributed by atoms with E-state index in [9.17, 15) is 0 Å². The smallest absolute Gasteiger partial charge is 0.0667 e. The Morgan fingerprint density at radius 3 is 2.21 bits per heavy atom. The number of hydrogen-bond acceptors (Lipinski definition) is 3. The lowest BCUT2D eigenvalue weighted by atomic mass is 9.94. The van der Waals surface area contributed by atoms with Crippen molar-refractivity contribution in [2.24, 2.45) is 11.7 Å². The van der Waals surface area contributed by atoms with Crippen LogP contribution >= 0.6 is 0 Å². The Hall–Kier alpha value is -0.120. The quantitative estimate of drug-likeness (QED) is 0.625. The van der Waals surface area contributed by atoms with E-state index in [1.807, 2.05) is 0 Å². The largest absolute Gasteiger partial charge is 0.380 e. The average Bonchev–Trinajstić information content (AvgIpc) is 2.23. The van der Waals surface area contributed by atoms with Crippen LogP contribution < -0.4 is 11.1 Å². The Bertz CT molecular complexity index is 126. The first-order valence-corrected chi connectivity index (χ1v) is 5.65. The van der Waals surface area contributed by atoms with E-state index in [1.54, 1.807) is 7.11 Å². The molecule has 0 bridgehead atoms. The topological polar surface area (TPSA) is 47.3 Å². The number of methoxy groups -OCH3 is 1. The van der Waals surface area contributed by atoms with Gasteiger partial charge in [-0.3, -0.25) is 0 Å². The molecule has 0 fully saturated rings. The van der Waals surface area contributed by atoms with Crippen LogP contribution in [0.2, 0.25) is 0 Å². The molecule has 0 heterocycles. The highest BCUT2D eigenvalue weighted by Gasteiger charge is 2.16. The summed E-state index contributed by atoms with van der Waals surface area (Å²) in [6.45, 7) is 8.10. The van der Waals surface area contributed by atoms with E-state index in [2.05, 4.69) is 26.1 Å². The van der Waals surface area contributed by atoms with Crippen LogP contribution in [0.4, 0.5) is 0 Å². The van der Waals surface area contributed by atoms with Gasteiger partial charge in [0.1, 0.15) is 0 Å². The molecule has 2 unspecified atom stereocenters. The Morgan fingerprint density at radius 2 is 1.86 bits per heavy atom. The standard InChI is InChI=1S/C11H26N2O/c1-5-10(6-2)11(7-12)13-8-9(3)14-4/h9-11,13H,5-8,12H2,1-4H3. The molecule has 0 saturated heterocycles. The molecule has 2 atom stereocenters. The number of nitrogens with two attached hydrogens (primary N) is 1. The molecule has 0 aliphatic carbocycles. The van der Waals surface area contributed by atoms with Crippen LogP contribution in [0.1, 0.15) is 33.6 Å². The van der Waals surface area contributed by atoms with Crippen molar-refractivity contribution in [1.82, 2.24) is 5.32 Å².